The van der Waals surface area contributed by atoms with Gasteiger partial charge < -0.3 is 15.3 Å². The van der Waals surface area contributed by atoms with Crippen LogP contribution in [-0.4, -0.2) is 48.8 Å². The molecule has 106 valence electrons. The van der Waals surface area contributed by atoms with Crippen molar-refractivity contribution in [2.75, 3.05) is 26.7 Å². The Morgan fingerprint density at radius 3 is 2.61 bits per heavy atom. The number of nitrogens with one attached hydrogen (secondary N) is 1. The number of aliphatic hydroxyl groups is 1. The average molecular weight is 254 g/mol. The van der Waals surface area contributed by atoms with Crippen LogP contribution in [-0.2, 0) is 0 Å². The summed E-state index contributed by atoms with van der Waals surface area (Å²) in [5, 5.41) is 13.8. The summed E-state index contributed by atoms with van der Waals surface area (Å²) in [6.07, 6.45) is 4.71. The second-order valence-electron chi connectivity index (χ2n) is 6.96. The Labute approximate surface area is 112 Å². The van der Waals surface area contributed by atoms with E-state index in [1.54, 1.807) is 0 Å². The third-order valence-electron chi connectivity index (χ3n) is 4.28. The first-order chi connectivity index (χ1) is 8.54. The molecule has 3 nitrogen and oxygen atoms in total. The zero-order chi connectivity index (χ0) is 13.1. The Morgan fingerprint density at radius 2 is 2.00 bits per heavy atom. The van der Waals surface area contributed by atoms with E-state index in [9.17, 15) is 5.11 Å². The van der Waals surface area contributed by atoms with E-state index in [-0.39, 0.29) is 6.10 Å². The fourth-order valence-corrected chi connectivity index (χ4v) is 3.18. The van der Waals surface area contributed by atoms with Gasteiger partial charge in [-0.2, -0.15) is 0 Å². The largest absolute Gasteiger partial charge is 0.393 e. The smallest absolute Gasteiger partial charge is 0.0571 e. The fraction of sp³-hybridized carbons (Fsp3) is 1.00. The van der Waals surface area contributed by atoms with Crippen LogP contribution in [0.1, 0.15) is 39.5 Å². The van der Waals surface area contributed by atoms with Crippen molar-refractivity contribution in [1.29, 1.82) is 0 Å². The Kier molecular flexibility index (Phi) is 5.05. The highest BCUT2D eigenvalue weighted by Gasteiger charge is 2.33. The number of piperidine rings is 1. The number of likely N-dealkylation sites (tertiary alicyclic amines) is 1. The predicted molar refractivity (Wildman–Crippen MR) is 75.6 cm³/mol. The first-order valence-corrected chi connectivity index (χ1v) is 7.64. The standard InChI is InChI=1S/C15H30N2O/c1-11(2)8-16-14-6-12(9-17(3)10-14)7-15(18)13-4-5-13/h11-16,18H,4-10H2,1-3H3. The van der Waals surface area contributed by atoms with Crippen molar-refractivity contribution in [3.8, 4) is 0 Å². The molecule has 1 aliphatic carbocycles. The van der Waals surface area contributed by atoms with Crippen LogP contribution in [0.25, 0.3) is 0 Å². The van der Waals surface area contributed by atoms with Gasteiger partial charge in [-0.3, -0.25) is 0 Å². The molecule has 2 rings (SSSR count). The molecule has 3 atom stereocenters. The van der Waals surface area contributed by atoms with Gasteiger partial charge in [-0.1, -0.05) is 13.8 Å². The Hall–Kier alpha value is -0.120. The highest BCUT2D eigenvalue weighted by Crippen LogP contribution is 2.36. The zero-order valence-corrected chi connectivity index (χ0v) is 12.2. The molecule has 2 aliphatic rings. The van der Waals surface area contributed by atoms with E-state index in [4.69, 9.17) is 0 Å². The molecule has 0 aromatic heterocycles. The minimum atomic E-state index is -0.0350. The molecule has 1 heterocycles. The lowest BCUT2D eigenvalue weighted by atomic mass is 9.88. The van der Waals surface area contributed by atoms with E-state index in [1.165, 1.54) is 19.3 Å². The average Bonchev–Trinajstić information content (AvgIpc) is 3.09. The van der Waals surface area contributed by atoms with Crippen LogP contribution in [0.15, 0.2) is 0 Å². The maximum absolute atomic E-state index is 10.1. The van der Waals surface area contributed by atoms with Gasteiger partial charge in [-0.05, 0) is 57.0 Å². The molecule has 2 N–H and O–H groups in total. The van der Waals surface area contributed by atoms with Gasteiger partial charge in [0, 0.05) is 19.1 Å². The summed E-state index contributed by atoms with van der Waals surface area (Å²) in [6.45, 7) is 7.94. The lowest BCUT2D eigenvalue weighted by molar-refractivity contribution is 0.0834. The summed E-state index contributed by atoms with van der Waals surface area (Å²) in [6, 6.07) is 0.613. The zero-order valence-electron chi connectivity index (χ0n) is 12.2. The summed E-state index contributed by atoms with van der Waals surface area (Å²) in [7, 11) is 2.21. The van der Waals surface area contributed by atoms with E-state index in [0.29, 0.717) is 23.8 Å². The van der Waals surface area contributed by atoms with Crippen LogP contribution in [0.5, 0.6) is 0 Å². The van der Waals surface area contributed by atoms with Crippen LogP contribution < -0.4 is 5.32 Å². The molecule has 18 heavy (non-hydrogen) atoms. The molecule has 0 radical (unpaired) electrons. The van der Waals surface area contributed by atoms with Crippen molar-refractivity contribution in [3.05, 3.63) is 0 Å². The van der Waals surface area contributed by atoms with Gasteiger partial charge in [0.15, 0.2) is 0 Å². The van der Waals surface area contributed by atoms with Crippen LogP contribution >= 0.6 is 0 Å². The minimum absolute atomic E-state index is 0.0350. The molecular weight excluding hydrogens is 224 g/mol. The summed E-state index contributed by atoms with van der Waals surface area (Å²) in [4.78, 5) is 2.42. The lowest BCUT2D eigenvalue weighted by Gasteiger charge is -2.37. The second kappa shape index (κ2) is 6.36. The lowest BCUT2D eigenvalue weighted by Crippen LogP contribution is -2.49. The quantitative estimate of drug-likeness (QED) is 0.757. The van der Waals surface area contributed by atoms with Crippen molar-refractivity contribution < 1.29 is 5.11 Å². The van der Waals surface area contributed by atoms with Crippen molar-refractivity contribution in [2.45, 2.75) is 51.7 Å². The van der Waals surface area contributed by atoms with E-state index in [0.717, 1.165) is 26.1 Å². The van der Waals surface area contributed by atoms with Gasteiger partial charge in [0.2, 0.25) is 0 Å². The van der Waals surface area contributed by atoms with Gasteiger partial charge in [0.25, 0.3) is 0 Å². The fourth-order valence-electron chi connectivity index (χ4n) is 3.18. The van der Waals surface area contributed by atoms with Crippen LogP contribution in [0, 0.1) is 17.8 Å². The first-order valence-electron chi connectivity index (χ1n) is 7.64. The topological polar surface area (TPSA) is 35.5 Å². The molecule has 1 saturated carbocycles. The van der Waals surface area contributed by atoms with Gasteiger partial charge in [-0.25, -0.2) is 0 Å². The molecule has 2 fully saturated rings. The Bertz CT molecular complexity index is 253. The highest BCUT2D eigenvalue weighted by atomic mass is 16.3. The van der Waals surface area contributed by atoms with Gasteiger partial charge in [0.05, 0.1) is 6.10 Å². The molecular formula is C15H30N2O. The molecule has 0 bridgehead atoms. The summed E-state index contributed by atoms with van der Waals surface area (Å²) >= 11 is 0. The SMILES string of the molecule is CC(C)CNC1CC(CC(O)C2CC2)CN(C)C1. The highest BCUT2D eigenvalue weighted by molar-refractivity contribution is 4.87. The van der Waals surface area contributed by atoms with Gasteiger partial charge in [-0.15, -0.1) is 0 Å². The maximum atomic E-state index is 10.1. The van der Waals surface area contributed by atoms with Crippen molar-refractivity contribution >= 4 is 0 Å². The number of aliphatic hydroxyl groups excluding tert-OH is 1. The summed E-state index contributed by atoms with van der Waals surface area (Å²) < 4.78 is 0. The van der Waals surface area contributed by atoms with Crippen molar-refractivity contribution in [3.63, 3.8) is 0 Å². The van der Waals surface area contributed by atoms with Crippen molar-refractivity contribution in [2.24, 2.45) is 17.8 Å². The molecule has 3 unspecified atom stereocenters. The van der Waals surface area contributed by atoms with Crippen molar-refractivity contribution in [1.82, 2.24) is 10.2 Å². The summed E-state index contributed by atoms with van der Waals surface area (Å²) in [5.74, 6) is 2.01. The molecule has 0 spiro atoms. The molecule has 0 aromatic carbocycles. The predicted octanol–water partition coefficient (Wildman–Crippen LogP) is 1.71. The third-order valence-corrected chi connectivity index (χ3v) is 4.28. The third kappa shape index (κ3) is 4.52. The molecule has 0 aromatic rings. The van der Waals surface area contributed by atoms with E-state index < -0.39 is 0 Å². The normalized spacial score (nSPS) is 31.8. The van der Waals surface area contributed by atoms with Crippen LogP contribution in [0.2, 0.25) is 0 Å². The monoisotopic (exact) mass is 254 g/mol. The van der Waals surface area contributed by atoms with E-state index in [1.807, 2.05) is 0 Å². The number of hydrogen-bond donors (Lipinski definition) is 2. The second-order valence-corrected chi connectivity index (χ2v) is 6.96. The summed E-state index contributed by atoms with van der Waals surface area (Å²) in [5.41, 5.74) is 0. The Morgan fingerprint density at radius 1 is 1.28 bits per heavy atom. The van der Waals surface area contributed by atoms with Gasteiger partial charge >= 0.3 is 0 Å². The van der Waals surface area contributed by atoms with Crippen LogP contribution in [0.3, 0.4) is 0 Å². The molecule has 3 heteroatoms. The number of rotatable bonds is 6. The first kappa shape index (κ1) is 14.3. The van der Waals surface area contributed by atoms with Gasteiger partial charge in [0.1, 0.15) is 0 Å². The Balaban J connectivity index is 1.76. The minimum Gasteiger partial charge on any atom is -0.393 e. The number of hydrogen-bond acceptors (Lipinski definition) is 3. The molecule has 1 aliphatic heterocycles. The maximum Gasteiger partial charge on any atom is 0.0571 e. The van der Waals surface area contributed by atoms with Crippen LogP contribution in [0.4, 0.5) is 0 Å². The number of nitrogens with zero attached hydrogens (tertiary/aromatic N) is 1. The number of likely N-dealkylation sites (N-methyl/N-ethyl adjacent to an activating group) is 1. The van der Waals surface area contributed by atoms with E-state index >= 15 is 0 Å². The van der Waals surface area contributed by atoms with E-state index in [2.05, 4.69) is 31.1 Å². The molecule has 0 amide bonds. The molecule has 1 saturated heterocycles.